The topological polar surface area (TPSA) is 223 Å². The Hall–Kier alpha value is -4.49. The Labute approximate surface area is 319 Å². The van der Waals surface area contributed by atoms with E-state index in [1.165, 1.54) is 14.2 Å². The molecule has 3 aromatic rings. The van der Waals surface area contributed by atoms with Crippen LogP contribution in [0.15, 0.2) is 54.6 Å². The molecular formula is C37H39O18P. The van der Waals surface area contributed by atoms with Gasteiger partial charge in [0.05, 0.1) is 39.5 Å². The third-order valence-corrected chi connectivity index (χ3v) is 10.9. The predicted octanol–water partition coefficient (Wildman–Crippen LogP) is 3.47. The van der Waals surface area contributed by atoms with Gasteiger partial charge < -0.3 is 67.0 Å². The number of benzene rings is 3. The average Bonchev–Trinajstić information content (AvgIpc) is 3.81. The molecule has 3 N–H and O–H groups in total. The summed E-state index contributed by atoms with van der Waals surface area (Å²) in [6.07, 6.45) is -9.66. The van der Waals surface area contributed by atoms with Crippen LogP contribution in [0.3, 0.4) is 0 Å². The van der Waals surface area contributed by atoms with Crippen LogP contribution in [0.4, 0.5) is 4.79 Å². The maximum absolute atomic E-state index is 13.8. The molecule has 4 heterocycles. The molecule has 0 bridgehead atoms. The summed E-state index contributed by atoms with van der Waals surface area (Å²) in [5.74, 6) is -2.06. The van der Waals surface area contributed by atoms with Gasteiger partial charge in [0.2, 0.25) is 12.5 Å². The Kier molecular flexibility index (Phi) is 10.6. The molecule has 5 aliphatic rings. The van der Waals surface area contributed by atoms with Crippen molar-refractivity contribution in [1.82, 2.24) is 0 Å². The summed E-state index contributed by atoms with van der Waals surface area (Å²) >= 11 is 0. The molecule has 0 aromatic heterocycles. The quantitative estimate of drug-likeness (QED) is 0.152. The van der Waals surface area contributed by atoms with Gasteiger partial charge in [-0.05, 0) is 53.4 Å². The first kappa shape index (κ1) is 38.4. The summed E-state index contributed by atoms with van der Waals surface area (Å²) in [5, 5.41) is 11.4. The van der Waals surface area contributed by atoms with E-state index in [1.54, 1.807) is 43.3 Å². The summed E-state index contributed by atoms with van der Waals surface area (Å²) in [7, 11) is -2.45. The first-order valence-corrected chi connectivity index (χ1v) is 19.2. The van der Waals surface area contributed by atoms with E-state index in [1.807, 2.05) is 18.2 Å². The highest BCUT2D eigenvalue weighted by Gasteiger charge is 2.57. The number of rotatable bonds is 10. The number of hydrogen-bond donors (Lipinski definition) is 3. The summed E-state index contributed by atoms with van der Waals surface area (Å²) in [6, 6.07) is 15.7. The molecule has 3 saturated heterocycles. The Balaban J connectivity index is 1.16. The van der Waals surface area contributed by atoms with Crippen LogP contribution < -0.4 is 23.7 Å². The van der Waals surface area contributed by atoms with E-state index < -0.39 is 80.8 Å². The Morgan fingerprint density at radius 2 is 1.62 bits per heavy atom. The molecule has 0 spiro atoms. The number of fused-ring (bicyclic) bond motifs is 4. The minimum atomic E-state index is -5.22. The number of cyclic esters (lactones) is 1. The number of ether oxygens (including phenoxy) is 11. The van der Waals surface area contributed by atoms with E-state index in [0.29, 0.717) is 28.2 Å². The number of aliphatic hydroxyl groups is 1. The molecule has 3 aromatic carbocycles. The first-order valence-electron chi connectivity index (χ1n) is 17.7. The molecule has 19 heteroatoms. The molecule has 0 unspecified atom stereocenters. The highest BCUT2D eigenvalue weighted by molar-refractivity contribution is 7.46. The van der Waals surface area contributed by atoms with Crippen LogP contribution >= 0.6 is 7.82 Å². The lowest BCUT2D eigenvalue weighted by molar-refractivity contribution is -0.362. The minimum absolute atomic E-state index is 0.0187. The van der Waals surface area contributed by atoms with Gasteiger partial charge in [-0.2, -0.15) is 0 Å². The maximum Gasteiger partial charge on any atom is 0.514 e. The van der Waals surface area contributed by atoms with Gasteiger partial charge in [-0.1, -0.05) is 30.3 Å². The second kappa shape index (κ2) is 15.5. The van der Waals surface area contributed by atoms with Gasteiger partial charge in [0.1, 0.15) is 31.0 Å². The second-order valence-electron chi connectivity index (χ2n) is 13.7. The predicted molar refractivity (Wildman–Crippen MR) is 185 cm³/mol. The highest BCUT2D eigenvalue weighted by atomic mass is 31.2. The number of phosphoric acid groups is 1. The van der Waals surface area contributed by atoms with Gasteiger partial charge >= 0.3 is 19.9 Å². The van der Waals surface area contributed by atoms with Gasteiger partial charge in [0, 0.05) is 11.8 Å². The van der Waals surface area contributed by atoms with Crippen LogP contribution in [-0.2, 0) is 48.9 Å². The molecule has 4 aliphatic heterocycles. The molecule has 0 amide bonds. The molecule has 300 valence electrons. The third-order valence-electron chi connectivity index (χ3n) is 10.3. The van der Waals surface area contributed by atoms with E-state index in [2.05, 4.69) is 0 Å². The van der Waals surface area contributed by atoms with Crippen molar-refractivity contribution in [2.45, 2.75) is 62.5 Å². The molecule has 18 nitrogen and oxygen atoms in total. The van der Waals surface area contributed by atoms with Crippen LogP contribution in [0.5, 0.6) is 28.7 Å². The molecule has 0 radical (unpaired) electrons. The smallest absolute Gasteiger partial charge is 0.493 e. The fraction of sp³-hybridized carbons (Fsp3) is 0.459. The number of carbonyl (C=O) groups excluding carboxylic acids is 2. The van der Waals surface area contributed by atoms with E-state index in [0.717, 1.165) is 5.56 Å². The average molecular weight is 803 g/mol. The van der Waals surface area contributed by atoms with Crippen LogP contribution in [-0.4, -0.2) is 98.2 Å². The van der Waals surface area contributed by atoms with Crippen molar-refractivity contribution < 1.29 is 85.7 Å². The lowest BCUT2D eigenvalue weighted by Gasteiger charge is -2.48. The van der Waals surface area contributed by atoms with Crippen molar-refractivity contribution >= 4 is 19.9 Å². The number of phosphoric ester groups is 1. The SMILES string of the molecule is COc1cc([C@@H]2c3cc4c(cc3[C@@H](O[C@@H]3O[C@@H]5CO[C@@H](C)O[C@H]5[C@H](O)[C@H]3OP(=O)(O)O)[C@H]3COC(=O)[C@H]23)OCO4)cc(OC)c1OC(=O)OCc1ccccc1. The van der Waals surface area contributed by atoms with Crippen molar-refractivity contribution in [3.63, 3.8) is 0 Å². The van der Waals surface area contributed by atoms with Gasteiger partial charge in [-0.3, -0.25) is 9.32 Å². The molecule has 0 saturated carbocycles. The normalized spacial score (nSPS) is 30.4. The number of hydrogen-bond acceptors (Lipinski definition) is 16. The summed E-state index contributed by atoms with van der Waals surface area (Å²) in [4.78, 5) is 46.3. The minimum Gasteiger partial charge on any atom is -0.493 e. The Bertz CT molecular complexity index is 1980. The second-order valence-corrected chi connectivity index (χ2v) is 14.9. The van der Waals surface area contributed by atoms with Gasteiger partial charge in [0.15, 0.2) is 35.6 Å². The highest BCUT2D eigenvalue weighted by Crippen LogP contribution is 2.57. The zero-order valence-corrected chi connectivity index (χ0v) is 31.1. The van der Waals surface area contributed by atoms with E-state index in [4.69, 9.17) is 56.6 Å². The number of aliphatic hydroxyl groups excluding tert-OH is 1. The van der Waals surface area contributed by atoms with Crippen molar-refractivity contribution in [2.75, 3.05) is 34.2 Å². The zero-order valence-electron chi connectivity index (χ0n) is 30.2. The van der Waals surface area contributed by atoms with Crippen LogP contribution in [0, 0.1) is 11.8 Å². The molecule has 8 rings (SSSR count). The van der Waals surface area contributed by atoms with Gasteiger partial charge in [-0.15, -0.1) is 0 Å². The lowest BCUT2D eigenvalue weighted by Crippen LogP contribution is -2.63. The first-order chi connectivity index (χ1) is 26.9. The van der Waals surface area contributed by atoms with Crippen molar-refractivity contribution in [3.05, 3.63) is 76.9 Å². The van der Waals surface area contributed by atoms with Gasteiger partial charge in [0.25, 0.3) is 0 Å². The molecule has 10 atom stereocenters. The molecular weight excluding hydrogens is 763 g/mol. The van der Waals surface area contributed by atoms with E-state index in [9.17, 15) is 29.0 Å². The Morgan fingerprint density at radius 1 is 0.929 bits per heavy atom. The number of carbonyl (C=O) groups is 2. The summed E-state index contributed by atoms with van der Waals surface area (Å²) in [6.45, 7) is 1.36. The fourth-order valence-electron chi connectivity index (χ4n) is 7.91. The summed E-state index contributed by atoms with van der Waals surface area (Å²) in [5.41, 5.74) is 2.31. The Morgan fingerprint density at radius 3 is 2.30 bits per heavy atom. The van der Waals surface area contributed by atoms with Crippen LogP contribution in [0.2, 0.25) is 0 Å². The van der Waals surface area contributed by atoms with E-state index >= 15 is 0 Å². The monoisotopic (exact) mass is 802 g/mol. The van der Waals surface area contributed by atoms with Crippen molar-refractivity contribution in [1.29, 1.82) is 0 Å². The van der Waals surface area contributed by atoms with Crippen LogP contribution in [0.1, 0.15) is 41.2 Å². The number of esters is 1. The van der Waals surface area contributed by atoms with Crippen molar-refractivity contribution in [3.8, 4) is 28.7 Å². The largest absolute Gasteiger partial charge is 0.514 e. The fourth-order valence-corrected chi connectivity index (χ4v) is 8.45. The van der Waals surface area contributed by atoms with Crippen LogP contribution in [0.25, 0.3) is 0 Å². The summed E-state index contributed by atoms with van der Waals surface area (Å²) < 4.78 is 80.6. The van der Waals surface area contributed by atoms with Crippen molar-refractivity contribution in [2.24, 2.45) is 11.8 Å². The molecule has 56 heavy (non-hydrogen) atoms. The van der Waals surface area contributed by atoms with E-state index in [-0.39, 0.29) is 43.9 Å². The molecule has 1 aliphatic carbocycles. The lowest BCUT2D eigenvalue weighted by atomic mass is 9.66. The molecule has 3 fully saturated rings. The number of methoxy groups -OCH3 is 2. The standard InChI is InChI=1S/C37H39O18P/c1-17-46-15-27-33(51-17)30(38)34(55-56(41,42)43)36(52-27)53-31-21-12-24-23(49-16-50-24)11-20(21)28(29-22(31)14-47-35(29)39)19-9-25(44-2)32(26(10-19)45-3)54-37(40)48-13-18-7-5-4-6-8-18/h4-12,17,22,27-31,33-34,36,38H,13-16H2,1-3H3,(H2,41,42,43)/t17-,22+,27-,28-,29+,30+,31-,33-,34-,36+/m1/s1. The zero-order chi connectivity index (χ0) is 39.3. The maximum atomic E-state index is 13.8. The van der Waals surface area contributed by atoms with Gasteiger partial charge in [-0.25, -0.2) is 9.36 Å². The third kappa shape index (κ3) is 7.40.